The van der Waals surface area contributed by atoms with E-state index in [1.807, 2.05) is 31.2 Å². The molecule has 1 unspecified atom stereocenters. The van der Waals surface area contributed by atoms with E-state index in [4.69, 9.17) is 9.26 Å². The van der Waals surface area contributed by atoms with Crippen molar-refractivity contribution in [3.63, 3.8) is 0 Å². The zero-order valence-electron chi connectivity index (χ0n) is 13.7. The number of hydrogen-bond acceptors (Lipinski definition) is 4. The number of amides is 2. The summed E-state index contributed by atoms with van der Waals surface area (Å²) in [6.07, 6.45) is 4.04. The standard InChI is InChI=1S/C18H21N3O3/c1-12-13-6-2-4-8-15(13)23-11-10-21(12)18(22)19-17-14-7-3-5-9-16(14)24-20-17/h2,4,6,8,12H,3,5,7,9-11H2,1H3,(H,19,20,22). The third-order valence-electron chi connectivity index (χ3n) is 4.86. The summed E-state index contributed by atoms with van der Waals surface area (Å²) in [7, 11) is 0. The lowest BCUT2D eigenvalue weighted by Crippen LogP contribution is -2.38. The van der Waals surface area contributed by atoms with E-state index in [-0.39, 0.29) is 12.1 Å². The second-order valence-corrected chi connectivity index (χ2v) is 6.33. The number of nitrogens with one attached hydrogen (secondary N) is 1. The zero-order valence-corrected chi connectivity index (χ0v) is 13.7. The summed E-state index contributed by atoms with van der Waals surface area (Å²) in [6, 6.07) is 7.64. The predicted octanol–water partition coefficient (Wildman–Crippen LogP) is 3.54. The van der Waals surface area contributed by atoms with E-state index in [9.17, 15) is 4.79 Å². The Labute approximate surface area is 140 Å². The number of hydrogen-bond donors (Lipinski definition) is 1. The molecule has 1 aliphatic carbocycles. The molecule has 24 heavy (non-hydrogen) atoms. The lowest BCUT2D eigenvalue weighted by molar-refractivity contribution is 0.185. The van der Waals surface area contributed by atoms with Gasteiger partial charge in [-0.1, -0.05) is 23.4 Å². The molecule has 1 aromatic heterocycles. The largest absolute Gasteiger partial charge is 0.491 e. The summed E-state index contributed by atoms with van der Waals surface area (Å²) in [5.41, 5.74) is 2.07. The van der Waals surface area contributed by atoms with Gasteiger partial charge in [0, 0.05) is 17.5 Å². The highest BCUT2D eigenvalue weighted by Gasteiger charge is 2.28. The van der Waals surface area contributed by atoms with Crippen LogP contribution in [-0.2, 0) is 12.8 Å². The molecule has 6 nitrogen and oxygen atoms in total. The highest BCUT2D eigenvalue weighted by Crippen LogP contribution is 2.32. The molecule has 0 radical (unpaired) electrons. The smallest absolute Gasteiger partial charge is 0.323 e. The quantitative estimate of drug-likeness (QED) is 0.870. The van der Waals surface area contributed by atoms with Gasteiger partial charge in [0.2, 0.25) is 0 Å². The van der Waals surface area contributed by atoms with Gasteiger partial charge in [0.15, 0.2) is 5.82 Å². The van der Waals surface area contributed by atoms with Crippen molar-refractivity contribution >= 4 is 11.8 Å². The van der Waals surface area contributed by atoms with Gasteiger partial charge in [0.05, 0.1) is 12.6 Å². The summed E-state index contributed by atoms with van der Waals surface area (Å²) in [5.74, 6) is 2.33. The lowest BCUT2D eigenvalue weighted by Gasteiger charge is -2.27. The minimum atomic E-state index is -0.163. The number of carbonyl (C=O) groups is 1. The fourth-order valence-corrected chi connectivity index (χ4v) is 3.51. The van der Waals surface area contributed by atoms with Crippen molar-refractivity contribution in [2.24, 2.45) is 0 Å². The number of anilines is 1. The van der Waals surface area contributed by atoms with E-state index in [1.54, 1.807) is 4.90 Å². The number of urea groups is 1. The molecule has 1 N–H and O–H groups in total. The molecule has 2 aliphatic rings. The highest BCUT2D eigenvalue weighted by molar-refractivity contribution is 5.89. The molecule has 1 atom stereocenters. The number of nitrogens with zero attached hydrogens (tertiary/aromatic N) is 2. The summed E-state index contributed by atoms with van der Waals surface area (Å²) in [4.78, 5) is 14.6. The van der Waals surface area contributed by atoms with Gasteiger partial charge in [0.25, 0.3) is 0 Å². The molecule has 1 aliphatic heterocycles. The molecular weight excluding hydrogens is 306 g/mol. The van der Waals surface area contributed by atoms with Crippen LogP contribution in [0.25, 0.3) is 0 Å². The number of rotatable bonds is 1. The Morgan fingerprint density at radius 3 is 3.04 bits per heavy atom. The van der Waals surface area contributed by atoms with Crippen LogP contribution in [0.3, 0.4) is 0 Å². The van der Waals surface area contributed by atoms with E-state index < -0.39 is 0 Å². The summed E-state index contributed by atoms with van der Waals surface area (Å²) >= 11 is 0. The average Bonchev–Trinajstić information content (AvgIpc) is 2.93. The highest BCUT2D eigenvalue weighted by atomic mass is 16.5. The molecule has 6 heteroatoms. The Morgan fingerprint density at radius 1 is 1.29 bits per heavy atom. The van der Waals surface area contributed by atoms with Gasteiger partial charge in [0.1, 0.15) is 18.1 Å². The first-order chi connectivity index (χ1) is 11.7. The van der Waals surface area contributed by atoms with E-state index in [1.165, 1.54) is 0 Å². The third kappa shape index (κ3) is 2.62. The van der Waals surface area contributed by atoms with Gasteiger partial charge in [-0.15, -0.1) is 0 Å². The first-order valence-electron chi connectivity index (χ1n) is 8.51. The van der Waals surface area contributed by atoms with Crippen LogP contribution >= 0.6 is 0 Å². The van der Waals surface area contributed by atoms with E-state index in [0.29, 0.717) is 19.0 Å². The van der Waals surface area contributed by atoms with Crippen LogP contribution in [0.4, 0.5) is 10.6 Å². The summed E-state index contributed by atoms with van der Waals surface area (Å²) in [5, 5.41) is 7.00. The maximum atomic E-state index is 12.8. The zero-order chi connectivity index (χ0) is 16.5. The monoisotopic (exact) mass is 327 g/mol. The molecule has 0 fully saturated rings. The summed E-state index contributed by atoms with van der Waals surface area (Å²) < 4.78 is 11.1. The number of ether oxygens (including phenoxy) is 1. The molecule has 0 saturated heterocycles. The Balaban J connectivity index is 1.55. The minimum Gasteiger partial charge on any atom is -0.491 e. The van der Waals surface area contributed by atoms with Gasteiger partial charge in [-0.3, -0.25) is 5.32 Å². The lowest BCUT2D eigenvalue weighted by atomic mass is 9.98. The van der Waals surface area contributed by atoms with Crippen molar-refractivity contribution in [3.8, 4) is 5.75 Å². The molecule has 1 aromatic carbocycles. The maximum Gasteiger partial charge on any atom is 0.323 e. The van der Waals surface area contributed by atoms with Gasteiger partial charge in [-0.2, -0.15) is 0 Å². The fourth-order valence-electron chi connectivity index (χ4n) is 3.51. The predicted molar refractivity (Wildman–Crippen MR) is 89.2 cm³/mol. The van der Waals surface area contributed by atoms with Crippen LogP contribution in [-0.4, -0.2) is 29.2 Å². The molecule has 126 valence electrons. The molecule has 4 rings (SSSR count). The van der Waals surface area contributed by atoms with E-state index in [0.717, 1.165) is 48.3 Å². The Kier molecular flexibility index (Phi) is 3.88. The van der Waals surface area contributed by atoms with Gasteiger partial charge in [-0.05, 0) is 32.3 Å². The van der Waals surface area contributed by atoms with E-state index >= 15 is 0 Å². The fraction of sp³-hybridized carbons (Fsp3) is 0.444. The number of aromatic nitrogens is 1. The van der Waals surface area contributed by atoms with E-state index in [2.05, 4.69) is 10.5 Å². The first-order valence-corrected chi connectivity index (χ1v) is 8.51. The van der Waals surface area contributed by atoms with Crippen molar-refractivity contribution in [3.05, 3.63) is 41.2 Å². The van der Waals surface area contributed by atoms with Crippen LogP contribution in [0, 0.1) is 0 Å². The van der Waals surface area contributed by atoms with Crippen LogP contribution in [0.2, 0.25) is 0 Å². The van der Waals surface area contributed by atoms with Crippen molar-refractivity contribution in [1.82, 2.24) is 10.1 Å². The van der Waals surface area contributed by atoms with Crippen LogP contribution in [0.5, 0.6) is 5.75 Å². The van der Waals surface area contributed by atoms with Crippen molar-refractivity contribution < 1.29 is 14.1 Å². The molecule has 2 amide bonds. The number of para-hydroxylation sites is 1. The second kappa shape index (κ2) is 6.19. The molecular formula is C18H21N3O3. The third-order valence-corrected chi connectivity index (χ3v) is 4.86. The van der Waals surface area contributed by atoms with Gasteiger partial charge >= 0.3 is 6.03 Å². The molecule has 2 aromatic rings. The average molecular weight is 327 g/mol. The second-order valence-electron chi connectivity index (χ2n) is 6.33. The molecule has 2 heterocycles. The summed E-state index contributed by atoms with van der Waals surface area (Å²) in [6.45, 7) is 3.03. The molecule has 0 bridgehead atoms. The van der Waals surface area contributed by atoms with Gasteiger partial charge in [-0.25, -0.2) is 4.79 Å². The number of benzene rings is 1. The Hall–Kier alpha value is -2.50. The molecule has 0 spiro atoms. The number of carbonyl (C=O) groups excluding carboxylic acids is 1. The van der Waals surface area contributed by atoms with Crippen molar-refractivity contribution in [2.45, 2.75) is 38.6 Å². The number of aryl methyl sites for hydroxylation is 1. The maximum absolute atomic E-state index is 12.8. The SMILES string of the molecule is CC1c2ccccc2OCCN1C(=O)Nc1noc2c1CCCC2. The topological polar surface area (TPSA) is 67.6 Å². The van der Waals surface area contributed by atoms with Crippen LogP contribution in [0.15, 0.2) is 28.8 Å². The number of fused-ring (bicyclic) bond motifs is 2. The minimum absolute atomic E-state index is 0.0635. The van der Waals surface area contributed by atoms with Crippen molar-refractivity contribution in [1.29, 1.82) is 0 Å². The van der Waals surface area contributed by atoms with Crippen LogP contribution in [0.1, 0.15) is 42.7 Å². The van der Waals surface area contributed by atoms with Crippen LogP contribution < -0.4 is 10.1 Å². The molecule has 0 saturated carbocycles. The van der Waals surface area contributed by atoms with Gasteiger partial charge < -0.3 is 14.2 Å². The Bertz CT molecular complexity index is 756. The van der Waals surface area contributed by atoms with Crippen molar-refractivity contribution in [2.75, 3.05) is 18.5 Å². The Morgan fingerprint density at radius 2 is 2.12 bits per heavy atom. The normalized spacial score (nSPS) is 19.7. The first kappa shape index (κ1) is 15.1.